The van der Waals surface area contributed by atoms with Gasteiger partial charge in [0.2, 0.25) is 0 Å². The van der Waals surface area contributed by atoms with Crippen LogP contribution in [0.2, 0.25) is 0 Å². The fraction of sp³-hybridized carbons (Fsp3) is 0.364. The summed E-state index contributed by atoms with van der Waals surface area (Å²) in [5.41, 5.74) is 2.77. The highest BCUT2D eigenvalue weighted by molar-refractivity contribution is 5.75. The quantitative estimate of drug-likeness (QED) is 0.711. The van der Waals surface area contributed by atoms with Gasteiger partial charge in [0.25, 0.3) is 0 Å². The predicted molar refractivity (Wildman–Crippen MR) is 61.0 cm³/mol. The largest absolute Gasteiger partial charge is 0.323 e. The van der Waals surface area contributed by atoms with Crippen molar-refractivity contribution in [3.63, 3.8) is 0 Å². The second kappa shape index (κ2) is 3.90. The Labute approximate surface area is 87.7 Å². The van der Waals surface area contributed by atoms with Crippen LogP contribution in [0.3, 0.4) is 0 Å². The number of rotatable bonds is 3. The molecule has 4 nitrogen and oxygen atoms in total. The van der Waals surface area contributed by atoms with E-state index in [9.17, 15) is 4.79 Å². The van der Waals surface area contributed by atoms with Gasteiger partial charge in [-0.05, 0) is 31.2 Å². The molecule has 1 atom stereocenters. The van der Waals surface area contributed by atoms with E-state index in [4.69, 9.17) is 0 Å². The van der Waals surface area contributed by atoms with Crippen LogP contribution < -0.4 is 11.0 Å². The third kappa shape index (κ3) is 1.80. The average Bonchev–Trinajstić information content (AvgIpc) is 2.59. The Morgan fingerprint density at radius 2 is 2.07 bits per heavy atom. The van der Waals surface area contributed by atoms with E-state index in [2.05, 4.69) is 22.2 Å². The second-order valence-electron chi connectivity index (χ2n) is 3.63. The standard InChI is InChI=1S/C11H15N3O/c1-3-8(12-2)7-4-5-9-10(6-7)14-11(15)13-9/h4-6,8,12H,3H2,1-2H3,(H2,13,14,15). The zero-order valence-corrected chi connectivity index (χ0v) is 8.92. The van der Waals surface area contributed by atoms with Crippen LogP contribution in [-0.4, -0.2) is 17.0 Å². The van der Waals surface area contributed by atoms with E-state index in [1.165, 1.54) is 5.56 Å². The summed E-state index contributed by atoms with van der Waals surface area (Å²) in [7, 11) is 1.94. The number of hydrogen-bond donors (Lipinski definition) is 3. The summed E-state index contributed by atoms with van der Waals surface area (Å²) in [6.07, 6.45) is 1.02. The topological polar surface area (TPSA) is 60.7 Å². The lowest BCUT2D eigenvalue weighted by Crippen LogP contribution is -2.14. The average molecular weight is 205 g/mol. The number of benzene rings is 1. The Balaban J connectivity index is 2.49. The molecule has 1 unspecified atom stereocenters. The third-order valence-corrected chi connectivity index (χ3v) is 2.70. The van der Waals surface area contributed by atoms with Gasteiger partial charge in [-0.1, -0.05) is 13.0 Å². The molecular formula is C11H15N3O. The van der Waals surface area contributed by atoms with Crippen molar-refractivity contribution in [3.05, 3.63) is 34.2 Å². The Hall–Kier alpha value is -1.55. The summed E-state index contributed by atoms with van der Waals surface area (Å²) in [4.78, 5) is 16.6. The van der Waals surface area contributed by atoms with Gasteiger partial charge in [0.15, 0.2) is 0 Å². The Morgan fingerprint density at radius 1 is 1.33 bits per heavy atom. The molecule has 0 saturated carbocycles. The highest BCUT2D eigenvalue weighted by Crippen LogP contribution is 2.19. The van der Waals surface area contributed by atoms with Crippen LogP contribution in [0.4, 0.5) is 0 Å². The number of hydrogen-bond acceptors (Lipinski definition) is 2. The van der Waals surface area contributed by atoms with Crippen LogP contribution in [0.15, 0.2) is 23.0 Å². The van der Waals surface area contributed by atoms with Crippen LogP contribution >= 0.6 is 0 Å². The van der Waals surface area contributed by atoms with Crippen molar-refractivity contribution in [3.8, 4) is 0 Å². The molecule has 0 amide bonds. The molecule has 0 fully saturated rings. The monoisotopic (exact) mass is 205 g/mol. The van der Waals surface area contributed by atoms with Crippen LogP contribution in [0.5, 0.6) is 0 Å². The van der Waals surface area contributed by atoms with E-state index >= 15 is 0 Å². The van der Waals surface area contributed by atoms with E-state index < -0.39 is 0 Å². The molecular weight excluding hydrogens is 190 g/mol. The summed E-state index contributed by atoms with van der Waals surface area (Å²) < 4.78 is 0. The molecule has 0 aliphatic carbocycles. The van der Waals surface area contributed by atoms with Gasteiger partial charge < -0.3 is 15.3 Å². The number of imidazole rings is 1. The molecule has 0 saturated heterocycles. The first kappa shape index (κ1) is 9.98. The summed E-state index contributed by atoms with van der Waals surface area (Å²) in [6.45, 7) is 2.13. The smallest absolute Gasteiger partial charge is 0.313 e. The maximum atomic E-state index is 11.1. The van der Waals surface area contributed by atoms with Crippen molar-refractivity contribution in [1.29, 1.82) is 0 Å². The van der Waals surface area contributed by atoms with Crippen molar-refractivity contribution < 1.29 is 0 Å². The molecule has 0 radical (unpaired) electrons. The summed E-state index contributed by atoms with van der Waals surface area (Å²) in [5, 5.41) is 3.24. The van der Waals surface area contributed by atoms with E-state index in [1.807, 2.05) is 25.2 Å². The van der Waals surface area contributed by atoms with Gasteiger partial charge in [0, 0.05) is 6.04 Å². The molecule has 4 heteroatoms. The Bertz CT molecular complexity index is 508. The normalized spacial score (nSPS) is 13.2. The maximum absolute atomic E-state index is 11.1. The fourth-order valence-electron chi connectivity index (χ4n) is 1.87. The SMILES string of the molecule is CCC(NC)c1ccc2[nH]c(=O)[nH]c2c1. The number of aromatic amines is 2. The van der Waals surface area contributed by atoms with E-state index in [0.29, 0.717) is 6.04 Å². The van der Waals surface area contributed by atoms with Crippen LogP contribution in [0.25, 0.3) is 11.0 Å². The molecule has 0 aliphatic rings. The van der Waals surface area contributed by atoms with Gasteiger partial charge in [-0.25, -0.2) is 4.79 Å². The highest BCUT2D eigenvalue weighted by atomic mass is 16.1. The second-order valence-corrected chi connectivity index (χ2v) is 3.63. The Morgan fingerprint density at radius 3 is 2.73 bits per heavy atom. The number of aromatic nitrogens is 2. The minimum Gasteiger partial charge on any atom is -0.313 e. The summed E-state index contributed by atoms with van der Waals surface area (Å²) >= 11 is 0. The van der Waals surface area contributed by atoms with Crippen molar-refractivity contribution >= 4 is 11.0 Å². The first-order valence-electron chi connectivity index (χ1n) is 5.13. The number of fused-ring (bicyclic) bond motifs is 1. The van der Waals surface area contributed by atoms with Crippen LogP contribution in [0, 0.1) is 0 Å². The molecule has 3 N–H and O–H groups in total. The van der Waals surface area contributed by atoms with Gasteiger partial charge >= 0.3 is 5.69 Å². The number of nitrogens with one attached hydrogen (secondary N) is 3. The minimum atomic E-state index is -0.153. The molecule has 0 bridgehead atoms. The fourth-order valence-corrected chi connectivity index (χ4v) is 1.87. The number of H-pyrrole nitrogens is 2. The molecule has 15 heavy (non-hydrogen) atoms. The molecule has 1 aromatic carbocycles. The van der Waals surface area contributed by atoms with Crippen molar-refractivity contribution in [2.24, 2.45) is 0 Å². The maximum Gasteiger partial charge on any atom is 0.323 e. The van der Waals surface area contributed by atoms with Gasteiger partial charge in [-0.2, -0.15) is 0 Å². The van der Waals surface area contributed by atoms with Crippen molar-refractivity contribution in [1.82, 2.24) is 15.3 Å². The summed E-state index contributed by atoms with van der Waals surface area (Å²) in [5.74, 6) is 0. The molecule has 1 aromatic heterocycles. The molecule has 1 heterocycles. The van der Waals surface area contributed by atoms with Crippen LogP contribution in [0.1, 0.15) is 24.9 Å². The molecule has 0 spiro atoms. The highest BCUT2D eigenvalue weighted by Gasteiger charge is 2.07. The van der Waals surface area contributed by atoms with Crippen molar-refractivity contribution in [2.45, 2.75) is 19.4 Å². The van der Waals surface area contributed by atoms with Gasteiger partial charge in [0.1, 0.15) is 0 Å². The predicted octanol–water partition coefficient (Wildman–Crippen LogP) is 1.53. The van der Waals surface area contributed by atoms with E-state index in [0.717, 1.165) is 17.5 Å². The first-order chi connectivity index (χ1) is 7.24. The minimum absolute atomic E-state index is 0.153. The lowest BCUT2D eigenvalue weighted by atomic mass is 10.0. The molecule has 2 aromatic rings. The van der Waals surface area contributed by atoms with Gasteiger partial charge in [-0.3, -0.25) is 0 Å². The van der Waals surface area contributed by atoms with Gasteiger partial charge in [0.05, 0.1) is 11.0 Å². The Kier molecular flexibility index (Phi) is 2.60. The van der Waals surface area contributed by atoms with E-state index in [1.54, 1.807) is 0 Å². The van der Waals surface area contributed by atoms with Crippen molar-refractivity contribution in [2.75, 3.05) is 7.05 Å². The van der Waals surface area contributed by atoms with Gasteiger partial charge in [-0.15, -0.1) is 0 Å². The third-order valence-electron chi connectivity index (χ3n) is 2.70. The zero-order valence-electron chi connectivity index (χ0n) is 8.92. The zero-order chi connectivity index (χ0) is 10.8. The first-order valence-corrected chi connectivity index (χ1v) is 5.13. The van der Waals surface area contributed by atoms with Crippen LogP contribution in [-0.2, 0) is 0 Å². The molecule has 80 valence electrons. The van der Waals surface area contributed by atoms with E-state index in [-0.39, 0.29) is 5.69 Å². The molecule has 0 aliphatic heterocycles. The lowest BCUT2D eigenvalue weighted by Gasteiger charge is -2.13. The lowest BCUT2D eigenvalue weighted by molar-refractivity contribution is 0.577. The summed E-state index contributed by atoms with van der Waals surface area (Å²) in [6, 6.07) is 6.32. The molecule has 2 rings (SSSR count).